The summed E-state index contributed by atoms with van der Waals surface area (Å²) in [7, 11) is 1.64. The van der Waals surface area contributed by atoms with Crippen LogP contribution in [-0.2, 0) is 5.75 Å². The second kappa shape index (κ2) is 9.15. The Morgan fingerprint density at radius 2 is 1.76 bits per heavy atom. The third-order valence-electron chi connectivity index (χ3n) is 5.78. The van der Waals surface area contributed by atoms with Gasteiger partial charge in [-0.15, -0.1) is 10.2 Å². The van der Waals surface area contributed by atoms with Gasteiger partial charge in [0.05, 0.1) is 7.11 Å². The molecule has 3 heterocycles. The molecule has 0 aliphatic carbocycles. The molecule has 0 N–H and O–H groups in total. The Bertz CT molecular complexity index is 1530. The zero-order chi connectivity index (χ0) is 23.7. The molecule has 0 aliphatic rings. The zero-order valence-electron chi connectivity index (χ0n) is 19.0. The van der Waals surface area contributed by atoms with Crippen LogP contribution in [0, 0.1) is 13.8 Å². The predicted octanol–water partition coefficient (Wildman–Crippen LogP) is 5.35. The fraction of sp³-hybridized carbons (Fsp3) is 0.154. The highest BCUT2D eigenvalue weighted by Crippen LogP contribution is 2.32. The normalized spacial score (nSPS) is 11.1. The summed E-state index contributed by atoms with van der Waals surface area (Å²) in [5.41, 5.74) is 5.05. The van der Waals surface area contributed by atoms with Crippen LogP contribution in [0.15, 0.2) is 81.4 Å². The lowest BCUT2D eigenvalue weighted by Crippen LogP contribution is -2.03. The van der Waals surface area contributed by atoms with Gasteiger partial charge in [-0.1, -0.05) is 23.9 Å². The lowest BCUT2D eigenvalue weighted by molar-refractivity contribution is 0.414. The first-order valence-electron chi connectivity index (χ1n) is 10.7. The molecule has 34 heavy (non-hydrogen) atoms. The van der Waals surface area contributed by atoms with Crippen molar-refractivity contribution in [3.05, 3.63) is 94.1 Å². The van der Waals surface area contributed by atoms with E-state index in [1.165, 1.54) is 11.8 Å². The lowest BCUT2D eigenvalue weighted by atomic mass is 10.0. The third kappa shape index (κ3) is 4.08. The Hall–Kier alpha value is -3.91. The minimum atomic E-state index is -0.356. The molecule has 0 atom stereocenters. The van der Waals surface area contributed by atoms with Gasteiger partial charge >= 0.3 is 5.63 Å². The van der Waals surface area contributed by atoms with Gasteiger partial charge < -0.3 is 9.15 Å². The number of fused-ring (bicyclic) bond motifs is 1. The van der Waals surface area contributed by atoms with Crippen LogP contribution < -0.4 is 10.4 Å². The number of rotatable bonds is 6. The van der Waals surface area contributed by atoms with Gasteiger partial charge in [0, 0.05) is 40.8 Å². The highest BCUT2D eigenvalue weighted by molar-refractivity contribution is 7.98. The van der Waals surface area contributed by atoms with Gasteiger partial charge in [0.1, 0.15) is 11.3 Å². The molecule has 0 saturated carbocycles. The minimum absolute atomic E-state index is 0.356. The first kappa shape index (κ1) is 21.9. The average molecular weight is 471 g/mol. The second-order valence-corrected chi connectivity index (χ2v) is 8.78. The molecule has 0 fully saturated rings. The zero-order valence-corrected chi connectivity index (χ0v) is 19.8. The summed E-state index contributed by atoms with van der Waals surface area (Å²) in [5.74, 6) is 2.01. The van der Waals surface area contributed by atoms with E-state index in [0.717, 1.165) is 39.1 Å². The van der Waals surface area contributed by atoms with E-state index < -0.39 is 0 Å². The summed E-state index contributed by atoms with van der Waals surface area (Å²) in [6.45, 7) is 3.98. The topological polar surface area (TPSA) is 83.0 Å². The SMILES string of the molecule is COc1ccc(-n2c(SCc3cc(=O)oc4c(C)c(C)ccc34)nnc2-c2ccncc2)cc1. The van der Waals surface area contributed by atoms with Crippen LogP contribution in [0.5, 0.6) is 5.75 Å². The summed E-state index contributed by atoms with van der Waals surface area (Å²) in [6.07, 6.45) is 3.46. The number of nitrogens with zero attached hydrogens (tertiary/aromatic N) is 4. The summed E-state index contributed by atoms with van der Waals surface area (Å²) < 4.78 is 12.8. The van der Waals surface area contributed by atoms with Crippen molar-refractivity contribution in [2.24, 2.45) is 0 Å². The fourth-order valence-electron chi connectivity index (χ4n) is 3.80. The Morgan fingerprint density at radius 1 is 1.00 bits per heavy atom. The van der Waals surface area contributed by atoms with Crippen LogP contribution in [-0.4, -0.2) is 26.9 Å². The standard InChI is InChI=1S/C26H22N4O3S/c1-16-4-9-22-19(14-23(31)33-24(22)17(16)2)15-34-26-29-28-25(18-10-12-27-13-11-18)30(26)20-5-7-21(32-3)8-6-20/h4-14H,15H2,1-3H3. The van der Waals surface area contributed by atoms with Gasteiger partial charge in [-0.3, -0.25) is 9.55 Å². The van der Waals surface area contributed by atoms with Crippen molar-refractivity contribution in [3.8, 4) is 22.8 Å². The summed E-state index contributed by atoms with van der Waals surface area (Å²) in [6, 6.07) is 17.2. The predicted molar refractivity (Wildman–Crippen MR) is 133 cm³/mol. The van der Waals surface area contributed by atoms with E-state index in [2.05, 4.69) is 15.2 Å². The van der Waals surface area contributed by atoms with E-state index >= 15 is 0 Å². The van der Waals surface area contributed by atoms with Gasteiger partial charge in [0.2, 0.25) is 0 Å². The number of hydrogen-bond donors (Lipinski definition) is 0. The lowest BCUT2D eigenvalue weighted by Gasteiger charge is -2.12. The molecule has 3 aromatic heterocycles. The molecule has 5 rings (SSSR count). The molecule has 0 bridgehead atoms. The van der Waals surface area contributed by atoms with Crippen LogP contribution in [0.2, 0.25) is 0 Å². The molecule has 0 amide bonds. The van der Waals surface area contributed by atoms with Gasteiger partial charge in [-0.2, -0.15) is 0 Å². The fourth-order valence-corrected chi connectivity index (χ4v) is 4.74. The van der Waals surface area contributed by atoms with E-state index in [0.29, 0.717) is 22.3 Å². The van der Waals surface area contributed by atoms with E-state index in [-0.39, 0.29) is 5.63 Å². The van der Waals surface area contributed by atoms with Crippen molar-refractivity contribution in [2.45, 2.75) is 24.8 Å². The molecule has 170 valence electrons. The van der Waals surface area contributed by atoms with Gasteiger partial charge in [0.15, 0.2) is 11.0 Å². The molecule has 5 aromatic rings. The first-order chi connectivity index (χ1) is 16.5. The first-order valence-corrected chi connectivity index (χ1v) is 11.7. The summed E-state index contributed by atoms with van der Waals surface area (Å²) >= 11 is 1.52. The van der Waals surface area contributed by atoms with Crippen molar-refractivity contribution >= 4 is 22.7 Å². The Morgan fingerprint density at radius 3 is 2.50 bits per heavy atom. The second-order valence-electron chi connectivity index (χ2n) is 7.84. The van der Waals surface area contributed by atoms with Gasteiger partial charge in [0.25, 0.3) is 0 Å². The van der Waals surface area contributed by atoms with Crippen LogP contribution >= 0.6 is 11.8 Å². The maximum absolute atomic E-state index is 12.3. The number of aromatic nitrogens is 4. The molecular formula is C26H22N4O3S. The molecule has 0 spiro atoms. The largest absolute Gasteiger partial charge is 0.497 e. The summed E-state index contributed by atoms with van der Waals surface area (Å²) in [4.78, 5) is 16.4. The smallest absolute Gasteiger partial charge is 0.336 e. The van der Waals surface area contributed by atoms with E-state index in [1.54, 1.807) is 25.6 Å². The minimum Gasteiger partial charge on any atom is -0.497 e. The Labute approximate surface area is 200 Å². The van der Waals surface area contributed by atoms with E-state index in [1.807, 2.05) is 66.9 Å². The number of pyridine rings is 1. The Balaban J connectivity index is 1.57. The maximum atomic E-state index is 12.3. The van der Waals surface area contributed by atoms with Crippen LogP contribution in [0.25, 0.3) is 28.0 Å². The van der Waals surface area contributed by atoms with Gasteiger partial charge in [-0.25, -0.2) is 4.79 Å². The van der Waals surface area contributed by atoms with E-state index in [4.69, 9.17) is 9.15 Å². The molecule has 0 saturated heterocycles. The van der Waals surface area contributed by atoms with Gasteiger partial charge in [-0.05, 0) is 66.9 Å². The average Bonchev–Trinajstić information content (AvgIpc) is 3.29. The quantitative estimate of drug-likeness (QED) is 0.244. The molecule has 8 heteroatoms. The monoisotopic (exact) mass is 470 g/mol. The third-order valence-corrected chi connectivity index (χ3v) is 6.75. The van der Waals surface area contributed by atoms with Crippen molar-refractivity contribution in [1.29, 1.82) is 0 Å². The maximum Gasteiger partial charge on any atom is 0.336 e. The van der Waals surface area contributed by atoms with Crippen molar-refractivity contribution in [2.75, 3.05) is 7.11 Å². The number of ether oxygens (including phenoxy) is 1. The number of thioether (sulfide) groups is 1. The Kier molecular flexibility index (Phi) is 5.90. The molecule has 0 radical (unpaired) electrons. The van der Waals surface area contributed by atoms with Crippen molar-refractivity contribution < 1.29 is 9.15 Å². The number of methoxy groups -OCH3 is 1. The highest BCUT2D eigenvalue weighted by atomic mass is 32.2. The number of hydrogen-bond acceptors (Lipinski definition) is 7. The van der Waals surface area contributed by atoms with E-state index in [9.17, 15) is 4.79 Å². The summed E-state index contributed by atoms with van der Waals surface area (Å²) in [5, 5.41) is 10.6. The van der Waals surface area contributed by atoms with Crippen molar-refractivity contribution in [1.82, 2.24) is 19.7 Å². The highest BCUT2D eigenvalue weighted by Gasteiger charge is 2.18. The van der Waals surface area contributed by atoms with Crippen molar-refractivity contribution in [3.63, 3.8) is 0 Å². The molecule has 0 aliphatic heterocycles. The number of aryl methyl sites for hydroxylation is 2. The number of benzene rings is 2. The molecule has 0 unspecified atom stereocenters. The molecular weight excluding hydrogens is 448 g/mol. The van der Waals surface area contributed by atoms with Crippen LogP contribution in [0.1, 0.15) is 16.7 Å². The molecule has 2 aromatic carbocycles. The van der Waals surface area contributed by atoms with Crippen LogP contribution in [0.4, 0.5) is 0 Å². The molecule has 7 nitrogen and oxygen atoms in total. The van der Waals surface area contributed by atoms with Crippen LogP contribution in [0.3, 0.4) is 0 Å².